The summed E-state index contributed by atoms with van der Waals surface area (Å²) in [5.41, 5.74) is 6.30. The van der Waals surface area contributed by atoms with E-state index in [9.17, 15) is 18.0 Å². The number of carbonyl (C=O) groups excluding carboxylic acids is 1. The molecule has 0 atom stereocenters. The van der Waals surface area contributed by atoms with E-state index < -0.39 is 18.8 Å². The second-order valence-electron chi connectivity index (χ2n) is 4.16. The summed E-state index contributed by atoms with van der Waals surface area (Å²) in [6, 6.07) is 1.47. The highest BCUT2D eigenvalue weighted by Crippen LogP contribution is 2.14. The second kappa shape index (κ2) is 7.18. The molecule has 0 fully saturated rings. The first-order valence-electron chi connectivity index (χ1n) is 6.10. The van der Waals surface area contributed by atoms with Gasteiger partial charge in [-0.2, -0.15) is 13.2 Å². The van der Waals surface area contributed by atoms with E-state index in [0.29, 0.717) is 12.2 Å². The molecule has 114 valence electrons. The Morgan fingerprint density at radius 2 is 2.10 bits per heavy atom. The van der Waals surface area contributed by atoms with Crippen molar-refractivity contribution in [2.45, 2.75) is 26.1 Å². The molecule has 0 aliphatic heterocycles. The molecule has 0 spiro atoms. The number of nitrogens with zero attached hydrogens (tertiary/aromatic N) is 1. The molecule has 8 heteroatoms. The normalized spacial score (nSPS) is 11.6. The number of esters is 1. The summed E-state index contributed by atoms with van der Waals surface area (Å²) in [6.45, 7) is 0.632. The van der Waals surface area contributed by atoms with E-state index >= 15 is 0 Å². The van der Waals surface area contributed by atoms with Gasteiger partial charge in [0.15, 0.2) is 0 Å². The number of hydrogen-bond donors (Lipinski definition) is 1. The third-order valence-electron chi connectivity index (χ3n) is 2.32. The lowest BCUT2D eigenvalue weighted by Gasteiger charge is -2.09. The highest BCUT2D eigenvalue weighted by molar-refractivity contribution is 5.89. The van der Waals surface area contributed by atoms with Crippen molar-refractivity contribution in [1.29, 1.82) is 0 Å². The highest BCUT2D eigenvalue weighted by Gasteiger charge is 2.27. The fourth-order valence-corrected chi connectivity index (χ4v) is 1.58. The largest absolute Gasteiger partial charge is 0.459 e. The van der Waals surface area contributed by atoms with Crippen LogP contribution < -0.4 is 5.73 Å². The number of carbonyl (C=O) groups is 1. The highest BCUT2D eigenvalue weighted by atomic mass is 19.4. The molecule has 0 aliphatic rings. The molecule has 0 aliphatic carbocycles. The molecule has 1 aromatic heterocycles. The molecule has 0 unspecified atom stereocenters. The third-order valence-corrected chi connectivity index (χ3v) is 2.32. The number of anilines is 1. The van der Waals surface area contributed by atoms with Crippen LogP contribution in [-0.2, 0) is 16.0 Å². The van der Waals surface area contributed by atoms with Crippen LogP contribution in [-0.4, -0.2) is 36.5 Å². The van der Waals surface area contributed by atoms with Gasteiger partial charge >= 0.3 is 12.1 Å². The Balaban J connectivity index is 2.39. The summed E-state index contributed by atoms with van der Waals surface area (Å²) >= 11 is 0. The summed E-state index contributed by atoms with van der Waals surface area (Å²) in [5.74, 6) is -0.634. The number of nitrogens with two attached hydrogens (primary N) is 1. The smallest absolute Gasteiger partial charge is 0.411 e. The van der Waals surface area contributed by atoms with Gasteiger partial charge in [0.05, 0.1) is 12.3 Å². The van der Waals surface area contributed by atoms with E-state index in [1.807, 2.05) is 6.92 Å². The van der Waals surface area contributed by atoms with Crippen LogP contribution in [0.5, 0.6) is 0 Å². The number of rotatable bonds is 7. The summed E-state index contributed by atoms with van der Waals surface area (Å²) in [4.78, 5) is 11.7. The van der Waals surface area contributed by atoms with E-state index in [1.54, 1.807) is 10.8 Å². The number of alkyl halides is 3. The van der Waals surface area contributed by atoms with E-state index in [0.717, 1.165) is 6.42 Å². The van der Waals surface area contributed by atoms with E-state index in [4.69, 9.17) is 10.5 Å². The van der Waals surface area contributed by atoms with Crippen LogP contribution in [0.2, 0.25) is 0 Å². The molecule has 1 aromatic rings. The minimum Gasteiger partial charge on any atom is -0.459 e. The van der Waals surface area contributed by atoms with Crippen LogP contribution in [0.1, 0.15) is 23.8 Å². The topological polar surface area (TPSA) is 66.5 Å². The van der Waals surface area contributed by atoms with Crippen molar-refractivity contribution in [3.63, 3.8) is 0 Å². The van der Waals surface area contributed by atoms with Gasteiger partial charge in [0, 0.05) is 12.7 Å². The van der Waals surface area contributed by atoms with Crippen molar-refractivity contribution in [2.75, 3.05) is 25.6 Å². The number of aryl methyl sites for hydroxylation is 1. The van der Waals surface area contributed by atoms with Gasteiger partial charge in [-0.05, 0) is 12.5 Å². The Hall–Kier alpha value is -1.70. The van der Waals surface area contributed by atoms with E-state index in [-0.39, 0.29) is 18.9 Å². The van der Waals surface area contributed by atoms with Crippen molar-refractivity contribution in [1.82, 2.24) is 4.57 Å². The Kier molecular flexibility index (Phi) is 5.87. The van der Waals surface area contributed by atoms with Crippen LogP contribution in [0.4, 0.5) is 18.9 Å². The van der Waals surface area contributed by atoms with Gasteiger partial charge in [0.2, 0.25) is 0 Å². The quantitative estimate of drug-likeness (QED) is 0.618. The molecule has 0 saturated carbocycles. The molecule has 0 amide bonds. The van der Waals surface area contributed by atoms with Gasteiger partial charge in [-0.3, -0.25) is 0 Å². The molecule has 0 bridgehead atoms. The fourth-order valence-electron chi connectivity index (χ4n) is 1.58. The molecule has 1 heterocycles. The maximum atomic E-state index is 11.8. The van der Waals surface area contributed by atoms with Gasteiger partial charge in [-0.1, -0.05) is 6.92 Å². The molecular weight excluding hydrogens is 277 g/mol. The zero-order valence-corrected chi connectivity index (χ0v) is 11.1. The van der Waals surface area contributed by atoms with Gasteiger partial charge in [0.25, 0.3) is 0 Å². The van der Waals surface area contributed by atoms with Crippen molar-refractivity contribution in [2.24, 2.45) is 0 Å². The first kappa shape index (κ1) is 16.4. The molecule has 2 N–H and O–H groups in total. The van der Waals surface area contributed by atoms with Crippen molar-refractivity contribution < 1.29 is 27.4 Å². The number of ether oxygens (including phenoxy) is 2. The zero-order valence-electron chi connectivity index (χ0n) is 11.1. The Labute approximate surface area is 114 Å². The van der Waals surface area contributed by atoms with E-state index in [1.165, 1.54) is 6.07 Å². The minimum atomic E-state index is -4.38. The molecular formula is C12H17F3N2O3. The SMILES string of the molecule is CCCn1cc(N)cc1C(=O)OCCOCC(F)(F)F. The van der Waals surface area contributed by atoms with Crippen LogP contribution >= 0.6 is 0 Å². The lowest BCUT2D eigenvalue weighted by molar-refractivity contribution is -0.175. The zero-order chi connectivity index (χ0) is 15.2. The molecule has 5 nitrogen and oxygen atoms in total. The predicted octanol–water partition coefficient (Wildman–Crippen LogP) is 2.22. The van der Waals surface area contributed by atoms with Crippen LogP contribution in [0, 0.1) is 0 Å². The van der Waals surface area contributed by atoms with Crippen LogP contribution in [0.15, 0.2) is 12.3 Å². The first-order valence-corrected chi connectivity index (χ1v) is 6.10. The number of halogens is 3. The number of aromatic nitrogens is 1. The van der Waals surface area contributed by atoms with Crippen molar-refractivity contribution in [3.8, 4) is 0 Å². The first-order chi connectivity index (χ1) is 9.33. The maximum absolute atomic E-state index is 11.8. The lowest BCUT2D eigenvalue weighted by Crippen LogP contribution is -2.20. The molecule has 0 aromatic carbocycles. The predicted molar refractivity (Wildman–Crippen MR) is 66.3 cm³/mol. The van der Waals surface area contributed by atoms with Crippen LogP contribution in [0.3, 0.4) is 0 Å². The molecule has 0 radical (unpaired) electrons. The molecule has 1 rings (SSSR count). The van der Waals surface area contributed by atoms with Gasteiger partial charge in [-0.15, -0.1) is 0 Å². The average Bonchev–Trinajstić information content (AvgIpc) is 2.69. The fraction of sp³-hybridized carbons (Fsp3) is 0.583. The minimum absolute atomic E-state index is 0.244. The summed E-state index contributed by atoms with van der Waals surface area (Å²) in [5, 5.41) is 0. The van der Waals surface area contributed by atoms with E-state index in [2.05, 4.69) is 4.74 Å². The van der Waals surface area contributed by atoms with Gasteiger partial charge < -0.3 is 19.8 Å². The average molecular weight is 294 g/mol. The van der Waals surface area contributed by atoms with Crippen molar-refractivity contribution in [3.05, 3.63) is 18.0 Å². The van der Waals surface area contributed by atoms with Crippen LogP contribution in [0.25, 0.3) is 0 Å². The Bertz CT molecular complexity index is 444. The second-order valence-corrected chi connectivity index (χ2v) is 4.16. The molecule has 0 saturated heterocycles. The Morgan fingerprint density at radius 3 is 2.70 bits per heavy atom. The summed E-state index contributed by atoms with van der Waals surface area (Å²) in [7, 11) is 0. The standard InChI is InChI=1S/C12H17F3N2O3/c1-2-3-17-7-9(16)6-10(17)11(18)20-5-4-19-8-12(13,14)15/h6-7H,2-5,8,16H2,1H3. The molecule has 20 heavy (non-hydrogen) atoms. The van der Waals surface area contributed by atoms with Gasteiger partial charge in [-0.25, -0.2) is 4.79 Å². The Morgan fingerprint density at radius 1 is 1.40 bits per heavy atom. The lowest BCUT2D eigenvalue weighted by atomic mass is 10.4. The number of nitrogen functional groups attached to an aromatic ring is 1. The monoisotopic (exact) mass is 294 g/mol. The van der Waals surface area contributed by atoms with Crippen molar-refractivity contribution >= 4 is 11.7 Å². The summed E-state index contributed by atoms with van der Waals surface area (Å²) in [6.07, 6.45) is -1.96. The number of hydrogen-bond acceptors (Lipinski definition) is 4. The maximum Gasteiger partial charge on any atom is 0.411 e. The van der Waals surface area contributed by atoms with Gasteiger partial charge in [0.1, 0.15) is 18.9 Å². The third kappa shape index (κ3) is 5.52. The summed E-state index contributed by atoms with van der Waals surface area (Å²) < 4.78 is 46.2.